The highest BCUT2D eigenvalue weighted by Gasteiger charge is 2.11. The number of carboxylic acid groups (broad SMARTS) is 1. The standard InChI is InChI=1S/C14H7Cl2NO3/c15-10-3-1-9(7-17)13(6-10)20-12-4-2-8(14(18)19)5-11(12)16/h1-6H,(H,18,19). The third-order valence-corrected chi connectivity index (χ3v) is 2.99. The van der Waals surface area contributed by atoms with Crippen LogP contribution in [0.15, 0.2) is 36.4 Å². The van der Waals surface area contributed by atoms with Gasteiger partial charge < -0.3 is 9.84 Å². The van der Waals surface area contributed by atoms with Crippen molar-refractivity contribution in [2.75, 3.05) is 0 Å². The fourth-order valence-corrected chi connectivity index (χ4v) is 1.89. The zero-order chi connectivity index (χ0) is 14.7. The predicted molar refractivity (Wildman–Crippen MR) is 74.7 cm³/mol. The molecule has 1 N–H and O–H groups in total. The van der Waals surface area contributed by atoms with Gasteiger partial charge in [-0.1, -0.05) is 23.2 Å². The molecule has 0 saturated carbocycles. The second-order valence-electron chi connectivity index (χ2n) is 3.80. The lowest BCUT2D eigenvalue weighted by atomic mass is 10.2. The summed E-state index contributed by atoms with van der Waals surface area (Å²) in [6, 6.07) is 10.6. The Morgan fingerprint density at radius 2 is 1.90 bits per heavy atom. The number of carboxylic acids is 1. The fourth-order valence-electron chi connectivity index (χ4n) is 1.51. The average molecular weight is 308 g/mol. The topological polar surface area (TPSA) is 70.3 Å². The maximum absolute atomic E-state index is 10.8. The van der Waals surface area contributed by atoms with E-state index in [0.29, 0.717) is 10.6 Å². The van der Waals surface area contributed by atoms with Crippen LogP contribution in [-0.2, 0) is 0 Å². The van der Waals surface area contributed by atoms with Gasteiger partial charge in [0.1, 0.15) is 17.6 Å². The van der Waals surface area contributed by atoms with Crippen molar-refractivity contribution in [3.63, 3.8) is 0 Å². The summed E-state index contributed by atoms with van der Waals surface area (Å²) in [5.74, 6) is -0.584. The van der Waals surface area contributed by atoms with Crippen LogP contribution in [0.1, 0.15) is 15.9 Å². The third-order valence-electron chi connectivity index (χ3n) is 2.46. The van der Waals surface area contributed by atoms with Crippen LogP contribution in [-0.4, -0.2) is 11.1 Å². The number of rotatable bonds is 3. The van der Waals surface area contributed by atoms with E-state index in [9.17, 15) is 4.79 Å². The Morgan fingerprint density at radius 3 is 2.50 bits per heavy atom. The Hall–Kier alpha value is -2.22. The van der Waals surface area contributed by atoms with Crippen LogP contribution in [0.4, 0.5) is 0 Å². The molecule has 0 aliphatic heterocycles. The van der Waals surface area contributed by atoms with Gasteiger partial charge in [-0.15, -0.1) is 0 Å². The Balaban J connectivity index is 2.38. The summed E-state index contributed by atoms with van der Waals surface area (Å²) in [4.78, 5) is 10.8. The fraction of sp³-hybridized carbons (Fsp3) is 0. The van der Waals surface area contributed by atoms with E-state index < -0.39 is 5.97 Å². The molecule has 0 bridgehead atoms. The van der Waals surface area contributed by atoms with Crippen molar-refractivity contribution < 1.29 is 14.6 Å². The van der Waals surface area contributed by atoms with E-state index in [1.165, 1.54) is 30.3 Å². The minimum absolute atomic E-state index is 0.0500. The first-order chi connectivity index (χ1) is 9.51. The number of halogens is 2. The van der Waals surface area contributed by atoms with Crippen LogP contribution in [0.25, 0.3) is 0 Å². The summed E-state index contributed by atoms with van der Waals surface area (Å²) >= 11 is 11.8. The Morgan fingerprint density at radius 1 is 1.15 bits per heavy atom. The number of aromatic carboxylic acids is 1. The summed E-state index contributed by atoms with van der Waals surface area (Å²) in [6.07, 6.45) is 0. The largest absolute Gasteiger partial charge is 0.478 e. The molecule has 0 atom stereocenters. The second-order valence-corrected chi connectivity index (χ2v) is 4.65. The molecule has 100 valence electrons. The molecule has 0 aliphatic rings. The maximum Gasteiger partial charge on any atom is 0.335 e. The highest BCUT2D eigenvalue weighted by Crippen LogP contribution is 2.33. The van der Waals surface area contributed by atoms with Crippen molar-refractivity contribution in [2.24, 2.45) is 0 Å². The van der Waals surface area contributed by atoms with E-state index in [4.69, 9.17) is 38.3 Å². The van der Waals surface area contributed by atoms with Crippen LogP contribution >= 0.6 is 23.2 Å². The number of nitrogens with zero attached hydrogens (tertiary/aromatic N) is 1. The van der Waals surface area contributed by atoms with Gasteiger partial charge in [0.2, 0.25) is 0 Å². The summed E-state index contributed by atoms with van der Waals surface area (Å²) in [5.41, 5.74) is 0.349. The molecule has 4 nitrogen and oxygen atoms in total. The Kier molecular flexibility index (Phi) is 4.14. The summed E-state index contributed by atoms with van der Waals surface area (Å²) in [6.45, 7) is 0. The smallest absolute Gasteiger partial charge is 0.335 e. The van der Waals surface area contributed by atoms with E-state index in [2.05, 4.69) is 0 Å². The third kappa shape index (κ3) is 3.02. The molecule has 2 rings (SSSR count). The lowest BCUT2D eigenvalue weighted by molar-refractivity contribution is 0.0697. The van der Waals surface area contributed by atoms with E-state index in [0.717, 1.165) is 0 Å². The number of benzene rings is 2. The lowest BCUT2D eigenvalue weighted by Gasteiger charge is -2.09. The number of hydrogen-bond donors (Lipinski definition) is 1. The summed E-state index contributed by atoms with van der Waals surface area (Å²) in [5, 5.41) is 18.4. The minimum Gasteiger partial charge on any atom is -0.478 e. The molecule has 0 spiro atoms. The SMILES string of the molecule is N#Cc1ccc(Cl)cc1Oc1ccc(C(=O)O)cc1Cl. The number of nitriles is 1. The molecule has 20 heavy (non-hydrogen) atoms. The molecule has 0 aliphatic carbocycles. The zero-order valence-corrected chi connectivity index (χ0v) is 11.4. The van der Waals surface area contributed by atoms with E-state index in [1.54, 1.807) is 6.07 Å². The highest BCUT2D eigenvalue weighted by molar-refractivity contribution is 6.32. The monoisotopic (exact) mass is 307 g/mol. The van der Waals surface area contributed by atoms with Gasteiger partial charge in [0.15, 0.2) is 0 Å². The predicted octanol–water partition coefficient (Wildman–Crippen LogP) is 4.36. The van der Waals surface area contributed by atoms with Gasteiger partial charge in [0.05, 0.1) is 16.1 Å². The van der Waals surface area contributed by atoms with Gasteiger partial charge in [0, 0.05) is 11.1 Å². The highest BCUT2D eigenvalue weighted by atomic mass is 35.5. The van der Waals surface area contributed by atoms with E-state index in [-0.39, 0.29) is 22.1 Å². The van der Waals surface area contributed by atoms with Crippen LogP contribution < -0.4 is 4.74 Å². The summed E-state index contributed by atoms with van der Waals surface area (Å²) in [7, 11) is 0. The van der Waals surface area contributed by atoms with Crippen molar-refractivity contribution >= 4 is 29.2 Å². The van der Waals surface area contributed by atoms with Crippen molar-refractivity contribution in [3.05, 3.63) is 57.6 Å². The van der Waals surface area contributed by atoms with Gasteiger partial charge in [-0.05, 0) is 30.3 Å². The quantitative estimate of drug-likeness (QED) is 0.914. The molecule has 0 fully saturated rings. The van der Waals surface area contributed by atoms with Crippen molar-refractivity contribution in [3.8, 4) is 17.6 Å². The van der Waals surface area contributed by atoms with Gasteiger partial charge in [-0.3, -0.25) is 0 Å². The first-order valence-corrected chi connectivity index (χ1v) is 6.17. The molecular weight excluding hydrogens is 301 g/mol. The first-order valence-electron chi connectivity index (χ1n) is 5.41. The molecule has 0 saturated heterocycles. The molecule has 0 aromatic heterocycles. The molecular formula is C14H7Cl2NO3. The van der Waals surface area contributed by atoms with Gasteiger partial charge in [0.25, 0.3) is 0 Å². The molecule has 2 aromatic carbocycles. The van der Waals surface area contributed by atoms with Gasteiger partial charge in [-0.25, -0.2) is 4.79 Å². The van der Waals surface area contributed by atoms with Gasteiger partial charge >= 0.3 is 5.97 Å². The van der Waals surface area contributed by atoms with Crippen molar-refractivity contribution in [2.45, 2.75) is 0 Å². The van der Waals surface area contributed by atoms with E-state index in [1.807, 2.05) is 6.07 Å². The second kappa shape index (κ2) is 5.83. The summed E-state index contributed by atoms with van der Waals surface area (Å²) < 4.78 is 5.51. The van der Waals surface area contributed by atoms with Crippen LogP contribution in [0.3, 0.4) is 0 Å². The van der Waals surface area contributed by atoms with Crippen molar-refractivity contribution in [1.29, 1.82) is 5.26 Å². The van der Waals surface area contributed by atoms with Gasteiger partial charge in [-0.2, -0.15) is 5.26 Å². The number of hydrogen-bond acceptors (Lipinski definition) is 3. The molecule has 0 amide bonds. The zero-order valence-electron chi connectivity index (χ0n) is 9.93. The molecule has 0 heterocycles. The normalized spacial score (nSPS) is 9.85. The maximum atomic E-state index is 10.8. The Bertz CT molecular complexity index is 723. The van der Waals surface area contributed by atoms with Crippen LogP contribution in [0.5, 0.6) is 11.5 Å². The lowest BCUT2D eigenvalue weighted by Crippen LogP contribution is -1.96. The van der Waals surface area contributed by atoms with Crippen LogP contribution in [0.2, 0.25) is 10.0 Å². The molecule has 6 heteroatoms. The van der Waals surface area contributed by atoms with Crippen LogP contribution in [0, 0.1) is 11.3 Å². The number of carbonyl (C=O) groups is 1. The number of ether oxygens (including phenoxy) is 1. The van der Waals surface area contributed by atoms with Crippen molar-refractivity contribution in [1.82, 2.24) is 0 Å². The molecule has 2 aromatic rings. The average Bonchev–Trinajstić information content (AvgIpc) is 2.41. The first kappa shape index (κ1) is 14.2. The molecule has 0 radical (unpaired) electrons. The molecule has 0 unspecified atom stereocenters. The van der Waals surface area contributed by atoms with E-state index >= 15 is 0 Å². The Labute approximate surface area is 124 Å². The minimum atomic E-state index is -1.08.